The Morgan fingerprint density at radius 1 is 1.73 bits per heavy atom. The van der Waals surface area contributed by atoms with Gasteiger partial charge in [-0.15, -0.1) is 0 Å². The minimum Gasteiger partial charge on any atom is -0.449 e. The number of rotatable bonds is 0. The van der Waals surface area contributed by atoms with Crippen molar-refractivity contribution in [3.05, 3.63) is 0 Å². The van der Waals surface area contributed by atoms with Crippen LogP contribution in [0.25, 0.3) is 0 Å². The zero-order chi connectivity index (χ0) is 7.90. The van der Waals surface area contributed by atoms with Gasteiger partial charge in [0.25, 0.3) is 0 Å². The quantitative estimate of drug-likeness (QED) is 0.572. The van der Waals surface area contributed by atoms with Gasteiger partial charge in [-0.25, -0.2) is 4.79 Å². The summed E-state index contributed by atoms with van der Waals surface area (Å²) in [5.74, 6) is 0.542. The lowest BCUT2D eigenvalue weighted by molar-refractivity contribution is 0.0613. The summed E-state index contributed by atoms with van der Waals surface area (Å²) in [6, 6.07) is 0. The monoisotopic (exact) mass is 155 g/mol. The first-order chi connectivity index (χ1) is 5.21. The molecule has 0 radical (unpaired) electrons. The second kappa shape index (κ2) is 2.13. The SMILES string of the molecule is C[C@@]12CCC[C@@H]1COC(=O)N2. The Morgan fingerprint density at radius 3 is 3.36 bits per heavy atom. The van der Waals surface area contributed by atoms with Crippen molar-refractivity contribution in [2.45, 2.75) is 31.7 Å². The number of carbonyl (C=O) groups excluding carboxylic acids is 1. The highest BCUT2D eigenvalue weighted by molar-refractivity contribution is 5.69. The van der Waals surface area contributed by atoms with E-state index in [0.29, 0.717) is 12.5 Å². The number of cyclic esters (lactones) is 1. The second-order valence-corrected chi connectivity index (χ2v) is 3.73. The van der Waals surface area contributed by atoms with Gasteiger partial charge in [-0.2, -0.15) is 0 Å². The van der Waals surface area contributed by atoms with Crippen LogP contribution in [0.1, 0.15) is 26.2 Å². The Hall–Kier alpha value is -0.730. The second-order valence-electron chi connectivity index (χ2n) is 3.73. The van der Waals surface area contributed by atoms with E-state index in [1.807, 2.05) is 0 Å². The maximum Gasteiger partial charge on any atom is 0.407 e. The molecule has 62 valence electrons. The molecule has 0 bridgehead atoms. The first kappa shape index (κ1) is 6.95. The third-order valence-electron chi connectivity index (χ3n) is 2.95. The van der Waals surface area contributed by atoms with Crippen LogP contribution in [0.2, 0.25) is 0 Å². The molecule has 1 aliphatic carbocycles. The Balaban J connectivity index is 2.16. The first-order valence-corrected chi connectivity index (χ1v) is 4.16. The highest BCUT2D eigenvalue weighted by atomic mass is 16.6. The van der Waals surface area contributed by atoms with Crippen LogP contribution in [0.5, 0.6) is 0 Å². The lowest BCUT2D eigenvalue weighted by Crippen LogP contribution is -2.54. The molecule has 0 spiro atoms. The van der Waals surface area contributed by atoms with E-state index < -0.39 is 0 Å². The number of alkyl carbamates (subject to hydrolysis) is 1. The zero-order valence-electron chi connectivity index (χ0n) is 6.72. The summed E-state index contributed by atoms with van der Waals surface area (Å²) in [5.41, 5.74) is 0.0370. The van der Waals surface area contributed by atoms with E-state index in [1.54, 1.807) is 0 Å². The third-order valence-corrected chi connectivity index (χ3v) is 2.95. The maximum atomic E-state index is 10.9. The van der Waals surface area contributed by atoms with E-state index in [4.69, 9.17) is 4.74 Å². The molecular weight excluding hydrogens is 142 g/mol. The fourth-order valence-corrected chi connectivity index (χ4v) is 2.12. The molecule has 2 atom stereocenters. The Morgan fingerprint density at radius 2 is 2.55 bits per heavy atom. The summed E-state index contributed by atoms with van der Waals surface area (Å²) < 4.78 is 4.91. The normalized spacial score (nSPS) is 42.6. The molecule has 0 aromatic heterocycles. The molecule has 1 amide bonds. The minimum atomic E-state index is -0.245. The van der Waals surface area contributed by atoms with Crippen molar-refractivity contribution in [1.82, 2.24) is 5.32 Å². The van der Waals surface area contributed by atoms with Crippen molar-refractivity contribution in [3.63, 3.8) is 0 Å². The maximum absolute atomic E-state index is 10.9. The van der Waals surface area contributed by atoms with Crippen molar-refractivity contribution in [2.24, 2.45) is 5.92 Å². The fraction of sp³-hybridized carbons (Fsp3) is 0.875. The Bertz CT molecular complexity index is 193. The molecule has 0 unspecified atom stereocenters. The van der Waals surface area contributed by atoms with Gasteiger partial charge in [-0.3, -0.25) is 0 Å². The molecule has 11 heavy (non-hydrogen) atoms. The number of hydrogen-bond acceptors (Lipinski definition) is 2. The topological polar surface area (TPSA) is 38.3 Å². The van der Waals surface area contributed by atoms with Gasteiger partial charge in [0.1, 0.15) is 0 Å². The van der Waals surface area contributed by atoms with E-state index in [0.717, 1.165) is 6.42 Å². The summed E-state index contributed by atoms with van der Waals surface area (Å²) in [4.78, 5) is 10.9. The van der Waals surface area contributed by atoms with Gasteiger partial charge in [0, 0.05) is 11.5 Å². The smallest absolute Gasteiger partial charge is 0.407 e. The molecule has 2 rings (SSSR count). The zero-order valence-corrected chi connectivity index (χ0v) is 6.72. The number of nitrogens with one attached hydrogen (secondary N) is 1. The number of fused-ring (bicyclic) bond motifs is 1. The third kappa shape index (κ3) is 0.988. The van der Waals surface area contributed by atoms with E-state index in [2.05, 4.69) is 12.2 Å². The molecule has 1 saturated carbocycles. The van der Waals surface area contributed by atoms with Gasteiger partial charge >= 0.3 is 6.09 Å². The molecule has 1 aliphatic heterocycles. The molecular formula is C8H13NO2. The van der Waals surface area contributed by atoms with Gasteiger partial charge < -0.3 is 10.1 Å². The molecule has 0 aromatic carbocycles. The van der Waals surface area contributed by atoms with Gasteiger partial charge in [-0.1, -0.05) is 6.42 Å². The predicted molar refractivity (Wildman–Crippen MR) is 40.2 cm³/mol. The Labute approximate surface area is 66.1 Å². The predicted octanol–water partition coefficient (Wildman–Crippen LogP) is 1.28. The molecule has 3 heteroatoms. The van der Waals surface area contributed by atoms with Crippen LogP contribution in [0.4, 0.5) is 4.79 Å². The fourth-order valence-electron chi connectivity index (χ4n) is 2.12. The summed E-state index contributed by atoms with van der Waals surface area (Å²) >= 11 is 0. The van der Waals surface area contributed by atoms with Gasteiger partial charge in [0.05, 0.1) is 6.61 Å². The number of ether oxygens (including phenoxy) is 1. The van der Waals surface area contributed by atoms with Gasteiger partial charge in [0.2, 0.25) is 0 Å². The first-order valence-electron chi connectivity index (χ1n) is 4.16. The van der Waals surface area contributed by atoms with E-state index >= 15 is 0 Å². The van der Waals surface area contributed by atoms with Crippen molar-refractivity contribution in [3.8, 4) is 0 Å². The molecule has 0 aromatic rings. The number of amides is 1. The summed E-state index contributed by atoms with van der Waals surface area (Å²) in [6.07, 6.45) is 3.26. The van der Waals surface area contributed by atoms with Crippen LogP contribution in [-0.4, -0.2) is 18.2 Å². The highest BCUT2D eigenvalue weighted by Gasteiger charge is 2.43. The molecule has 1 N–H and O–H groups in total. The summed E-state index contributed by atoms with van der Waals surface area (Å²) in [5, 5.41) is 2.89. The largest absolute Gasteiger partial charge is 0.449 e. The molecule has 2 aliphatic rings. The van der Waals surface area contributed by atoms with Crippen LogP contribution in [0.15, 0.2) is 0 Å². The number of carbonyl (C=O) groups is 1. The lowest BCUT2D eigenvalue weighted by atomic mass is 9.89. The van der Waals surface area contributed by atoms with Crippen molar-refractivity contribution >= 4 is 6.09 Å². The molecule has 2 fully saturated rings. The van der Waals surface area contributed by atoms with E-state index in [1.165, 1.54) is 12.8 Å². The van der Waals surface area contributed by atoms with Crippen LogP contribution in [-0.2, 0) is 4.74 Å². The van der Waals surface area contributed by atoms with E-state index in [-0.39, 0.29) is 11.6 Å². The molecule has 1 saturated heterocycles. The van der Waals surface area contributed by atoms with Crippen LogP contribution in [0, 0.1) is 5.92 Å². The highest BCUT2D eigenvalue weighted by Crippen LogP contribution is 2.37. The summed E-state index contributed by atoms with van der Waals surface area (Å²) in [6.45, 7) is 2.73. The van der Waals surface area contributed by atoms with Crippen molar-refractivity contribution < 1.29 is 9.53 Å². The average Bonchev–Trinajstić information content (AvgIpc) is 2.28. The summed E-state index contributed by atoms with van der Waals surface area (Å²) in [7, 11) is 0. The van der Waals surface area contributed by atoms with Crippen LogP contribution in [0.3, 0.4) is 0 Å². The van der Waals surface area contributed by atoms with Crippen LogP contribution < -0.4 is 5.32 Å². The average molecular weight is 155 g/mol. The van der Waals surface area contributed by atoms with E-state index in [9.17, 15) is 4.79 Å². The standard InChI is InChI=1S/C8H13NO2/c1-8-4-2-3-6(8)5-11-7(10)9-8/h6H,2-5H2,1H3,(H,9,10)/t6-,8-/m1/s1. The number of hydrogen-bond donors (Lipinski definition) is 1. The van der Waals surface area contributed by atoms with Crippen molar-refractivity contribution in [1.29, 1.82) is 0 Å². The molecule has 1 heterocycles. The lowest BCUT2D eigenvalue weighted by Gasteiger charge is -2.36. The Kier molecular flexibility index (Phi) is 1.34. The minimum absolute atomic E-state index is 0.0370. The van der Waals surface area contributed by atoms with Gasteiger partial charge in [0.15, 0.2) is 0 Å². The van der Waals surface area contributed by atoms with Crippen LogP contribution >= 0.6 is 0 Å². The van der Waals surface area contributed by atoms with Gasteiger partial charge in [-0.05, 0) is 19.8 Å². The molecule has 3 nitrogen and oxygen atoms in total. The van der Waals surface area contributed by atoms with Crippen molar-refractivity contribution in [2.75, 3.05) is 6.61 Å².